The minimum absolute atomic E-state index is 0.0112. The van der Waals surface area contributed by atoms with Gasteiger partial charge >= 0.3 is 0 Å². The van der Waals surface area contributed by atoms with Crippen molar-refractivity contribution in [3.8, 4) is 5.75 Å². The molecular weight excluding hydrogens is 306 g/mol. The maximum atomic E-state index is 12.0. The van der Waals surface area contributed by atoms with E-state index < -0.39 is 20.0 Å². The fraction of sp³-hybridized carbons (Fsp3) is 0.400. The molecule has 1 aromatic carbocycles. The minimum atomic E-state index is -3.75. The molecule has 0 spiro atoms. The van der Waals surface area contributed by atoms with Crippen LogP contribution in [-0.4, -0.2) is 43.3 Å². The first-order valence-electron chi connectivity index (χ1n) is 5.53. The Bertz CT molecular complexity index is 670. The summed E-state index contributed by atoms with van der Waals surface area (Å²) in [5.41, 5.74) is 5.92. The number of rotatable bonds is 7. The van der Waals surface area contributed by atoms with Crippen molar-refractivity contribution in [2.24, 2.45) is 0 Å². The number of nitrogens with two attached hydrogens (primary N) is 1. The Morgan fingerprint density at radius 3 is 2.30 bits per heavy atom. The lowest BCUT2D eigenvalue weighted by Crippen LogP contribution is -2.34. The van der Waals surface area contributed by atoms with E-state index in [1.165, 1.54) is 25.3 Å². The largest absolute Gasteiger partial charge is 0.495 e. The van der Waals surface area contributed by atoms with E-state index in [1.807, 2.05) is 0 Å². The van der Waals surface area contributed by atoms with Crippen LogP contribution >= 0.6 is 0 Å². The molecule has 1 rings (SSSR count). The van der Waals surface area contributed by atoms with Crippen molar-refractivity contribution in [3.63, 3.8) is 0 Å². The zero-order valence-electron chi connectivity index (χ0n) is 11.1. The molecule has 10 heteroatoms. The highest BCUT2D eigenvalue weighted by Gasteiger charge is 2.15. The lowest BCUT2D eigenvalue weighted by molar-refractivity contribution is 0.415. The van der Waals surface area contributed by atoms with Gasteiger partial charge in [-0.05, 0) is 12.1 Å². The fourth-order valence-electron chi connectivity index (χ4n) is 1.36. The van der Waals surface area contributed by atoms with Gasteiger partial charge in [-0.2, -0.15) is 0 Å². The standard InChI is InChI=1S/C10H17N3O5S2/c1-18-10-7-8(3-4-9(10)11)20(16,17)13-6-5-12-19(2,14)15/h3-4,7,12-13H,5-6,11H2,1-2H3. The monoisotopic (exact) mass is 323 g/mol. The first-order valence-corrected chi connectivity index (χ1v) is 8.91. The molecule has 0 fully saturated rings. The predicted octanol–water partition coefficient (Wildman–Crippen LogP) is -0.895. The molecule has 0 aliphatic heterocycles. The number of nitrogen functional groups attached to an aromatic ring is 1. The molecule has 0 amide bonds. The molecule has 8 nitrogen and oxygen atoms in total. The third-order valence-electron chi connectivity index (χ3n) is 2.30. The Balaban J connectivity index is 2.74. The van der Waals surface area contributed by atoms with Gasteiger partial charge < -0.3 is 10.5 Å². The van der Waals surface area contributed by atoms with Crippen LogP contribution in [0.4, 0.5) is 5.69 Å². The first-order chi connectivity index (χ1) is 9.15. The molecular formula is C10H17N3O5S2. The number of hydrogen-bond acceptors (Lipinski definition) is 6. The quantitative estimate of drug-likeness (QED) is 0.441. The van der Waals surface area contributed by atoms with Gasteiger partial charge in [0, 0.05) is 19.2 Å². The molecule has 4 N–H and O–H groups in total. The van der Waals surface area contributed by atoms with Crippen LogP contribution in [-0.2, 0) is 20.0 Å². The van der Waals surface area contributed by atoms with Crippen molar-refractivity contribution in [3.05, 3.63) is 18.2 Å². The number of nitrogens with one attached hydrogen (secondary N) is 2. The van der Waals surface area contributed by atoms with E-state index in [0.717, 1.165) is 6.26 Å². The van der Waals surface area contributed by atoms with E-state index in [4.69, 9.17) is 10.5 Å². The molecule has 0 aromatic heterocycles. The molecule has 0 heterocycles. The van der Waals surface area contributed by atoms with Gasteiger partial charge in [-0.1, -0.05) is 0 Å². The van der Waals surface area contributed by atoms with E-state index in [-0.39, 0.29) is 23.7 Å². The van der Waals surface area contributed by atoms with E-state index in [1.54, 1.807) is 0 Å². The SMILES string of the molecule is COc1cc(S(=O)(=O)NCCNS(C)(=O)=O)ccc1N. The Hall–Kier alpha value is -1.36. The third kappa shape index (κ3) is 4.96. The van der Waals surface area contributed by atoms with Crippen molar-refractivity contribution in [2.45, 2.75) is 4.90 Å². The van der Waals surface area contributed by atoms with Gasteiger partial charge in [0.15, 0.2) is 0 Å². The second kappa shape index (κ2) is 6.39. The molecule has 0 aliphatic rings. The van der Waals surface area contributed by atoms with Crippen molar-refractivity contribution in [1.29, 1.82) is 0 Å². The molecule has 0 bridgehead atoms. The Morgan fingerprint density at radius 1 is 1.15 bits per heavy atom. The van der Waals surface area contributed by atoms with Crippen LogP contribution < -0.4 is 19.9 Å². The summed E-state index contributed by atoms with van der Waals surface area (Å²) in [6.07, 6.45) is 0.992. The normalized spacial score (nSPS) is 12.3. The van der Waals surface area contributed by atoms with Crippen LogP contribution in [0.5, 0.6) is 5.75 Å². The van der Waals surface area contributed by atoms with Crippen LogP contribution in [0.25, 0.3) is 0 Å². The van der Waals surface area contributed by atoms with Gasteiger partial charge in [0.1, 0.15) is 5.75 Å². The maximum absolute atomic E-state index is 12.0. The minimum Gasteiger partial charge on any atom is -0.495 e. The van der Waals surface area contributed by atoms with Gasteiger partial charge in [0.2, 0.25) is 20.0 Å². The summed E-state index contributed by atoms with van der Waals surface area (Å²) >= 11 is 0. The van der Waals surface area contributed by atoms with E-state index in [2.05, 4.69) is 9.44 Å². The van der Waals surface area contributed by atoms with Gasteiger partial charge in [-0.15, -0.1) is 0 Å². The smallest absolute Gasteiger partial charge is 0.240 e. The molecule has 0 radical (unpaired) electrons. The summed E-state index contributed by atoms with van der Waals surface area (Å²) in [7, 11) is -5.71. The molecule has 0 unspecified atom stereocenters. The first kappa shape index (κ1) is 16.7. The summed E-state index contributed by atoms with van der Waals surface area (Å²) in [5, 5.41) is 0. The van der Waals surface area contributed by atoms with Gasteiger partial charge in [0.05, 0.1) is 23.9 Å². The molecule has 0 saturated carbocycles. The van der Waals surface area contributed by atoms with Crippen molar-refractivity contribution in [1.82, 2.24) is 9.44 Å². The van der Waals surface area contributed by atoms with Crippen molar-refractivity contribution >= 4 is 25.7 Å². The second-order valence-electron chi connectivity index (χ2n) is 3.97. The summed E-state index contributed by atoms with van der Waals surface area (Å²) in [6, 6.07) is 4.05. The highest BCUT2D eigenvalue weighted by atomic mass is 32.2. The number of ether oxygens (including phenoxy) is 1. The van der Waals surface area contributed by atoms with Gasteiger partial charge in [0.25, 0.3) is 0 Å². The zero-order valence-corrected chi connectivity index (χ0v) is 12.7. The summed E-state index contributed by atoms with van der Waals surface area (Å²) in [6.45, 7) is -0.105. The number of methoxy groups -OCH3 is 1. The molecule has 114 valence electrons. The number of anilines is 1. The molecule has 0 atom stereocenters. The Labute approximate surface area is 118 Å². The fourth-order valence-corrected chi connectivity index (χ4v) is 2.88. The average Bonchev–Trinajstić information content (AvgIpc) is 2.34. The van der Waals surface area contributed by atoms with E-state index in [9.17, 15) is 16.8 Å². The highest BCUT2D eigenvalue weighted by molar-refractivity contribution is 7.89. The van der Waals surface area contributed by atoms with Crippen LogP contribution in [0, 0.1) is 0 Å². The van der Waals surface area contributed by atoms with Crippen LogP contribution in [0.1, 0.15) is 0 Å². The Kier molecular flexibility index (Phi) is 5.34. The van der Waals surface area contributed by atoms with E-state index in [0.29, 0.717) is 5.69 Å². The third-order valence-corrected chi connectivity index (χ3v) is 4.48. The molecule has 20 heavy (non-hydrogen) atoms. The summed E-state index contributed by atoms with van der Waals surface area (Å²) < 4.78 is 54.9. The highest BCUT2D eigenvalue weighted by Crippen LogP contribution is 2.24. The van der Waals surface area contributed by atoms with Crippen molar-refractivity contribution in [2.75, 3.05) is 32.2 Å². The topological polar surface area (TPSA) is 128 Å². The van der Waals surface area contributed by atoms with Gasteiger partial charge in [-0.3, -0.25) is 0 Å². The maximum Gasteiger partial charge on any atom is 0.240 e. The van der Waals surface area contributed by atoms with Crippen LogP contribution in [0.3, 0.4) is 0 Å². The van der Waals surface area contributed by atoms with Crippen LogP contribution in [0.15, 0.2) is 23.1 Å². The number of hydrogen-bond donors (Lipinski definition) is 3. The summed E-state index contributed by atoms with van der Waals surface area (Å²) in [4.78, 5) is -0.0112. The lowest BCUT2D eigenvalue weighted by atomic mass is 10.3. The number of sulfonamides is 2. The molecule has 1 aromatic rings. The second-order valence-corrected chi connectivity index (χ2v) is 7.57. The predicted molar refractivity (Wildman–Crippen MR) is 75.4 cm³/mol. The lowest BCUT2D eigenvalue weighted by Gasteiger charge is -2.09. The van der Waals surface area contributed by atoms with E-state index >= 15 is 0 Å². The van der Waals surface area contributed by atoms with Crippen molar-refractivity contribution < 1.29 is 21.6 Å². The average molecular weight is 323 g/mol. The zero-order chi connectivity index (χ0) is 15.4. The molecule has 0 aliphatic carbocycles. The molecule has 0 saturated heterocycles. The van der Waals surface area contributed by atoms with Crippen LogP contribution in [0.2, 0.25) is 0 Å². The Morgan fingerprint density at radius 2 is 1.75 bits per heavy atom. The van der Waals surface area contributed by atoms with Gasteiger partial charge in [-0.25, -0.2) is 26.3 Å². The summed E-state index contributed by atoms with van der Waals surface area (Å²) in [5.74, 6) is 0.252. The number of benzene rings is 1.